The molecular weight excluding hydrogens is 352 g/mol. The van der Waals surface area contributed by atoms with Crippen LogP contribution in [0, 0.1) is 5.92 Å². The zero-order valence-corrected chi connectivity index (χ0v) is 14.9. The van der Waals surface area contributed by atoms with E-state index in [9.17, 15) is 0 Å². The Hall–Kier alpha value is -2.44. The number of piperidine rings is 1. The lowest BCUT2D eigenvalue weighted by Gasteiger charge is -2.20. The van der Waals surface area contributed by atoms with Crippen molar-refractivity contribution in [2.24, 2.45) is 5.92 Å². The van der Waals surface area contributed by atoms with Crippen molar-refractivity contribution in [3.05, 3.63) is 53.4 Å². The molecule has 26 heavy (non-hydrogen) atoms. The highest BCUT2D eigenvalue weighted by molar-refractivity contribution is 6.30. The third-order valence-electron chi connectivity index (χ3n) is 4.32. The standard InChI is InChI=1S/C19H19ClN4O2/c20-14-6-8-15(9-7-14)25-17-5-1-4-16(22-17)19-23-18(26-24-19)11-13-3-2-10-21-12-13/h1,4-9,13,21H,2-3,10-12H2. The van der Waals surface area contributed by atoms with Crippen LogP contribution < -0.4 is 10.1 Å². The summed E-state index contributed by atoms with van der Waals surface area (Å²) in [6.07, 6.45) is 3.17. The number of pyridine rings is 1. The van der Waals surface area contributed by atoms with Gasteiger partial charge in [-0.05, 0) is 62.2 Å². The second-order valence-corrected chi connectivity index (χ2v) is 6.78. The zero-order chi connectivity index (χ0) is 17.8. The van der Waals surface area contributed by atoms with E-state index in [0.29, 0.717) is 40.0 Å². The summed E-state index contributed by atoms with van der Waals surface area (Å²) in [6.45, 7) is 2.09. The van der Waals surface area contributed by atoms with Crippen LogP contribution in [0.2, 0.25) is 5.02 Å². The van der Waals surface area contributed by atoms with E-state index in [4.69, 9.17) is 20.9 Å². The second kappa shape index (κ2) is 7.85. The molecule has 7 heteroatoms. The van der Waals surface area contributed by atoms with Gasteiger partial charge in [0, 0.05) is 17.5 Å². The van der Waals surface area contributed by atoms with Gasteiger partial charge in [-0.15, -0.1) is 0 Å². The van der Waals surface area contributed by atoms with Gasteiger partial charge in [-0.3, -0.25) is 0 Å². The molecule has 1 aromatic carbocycles. The van der Waals surface area contributed by atoms with E-state index in [1.165, 1.54) is 12.8 Å². The minimum atomic E-state index is 0.465. The van der Waals surface area contributed by atoms with E-state index < -0.39 is 0 Å². The Kier molecular flexibility index (Phi) is 5.13. The summed E-state index contributed by atoms with van der Waals surface area (Å²) < 4.78 is 11.2. The number of ether oxygens (including phenoxy) is 1. The molecule has 0 radical (unpaired) electrons. The molecule has 4 rings (SSSR count). The number of benzene rings is 1. The Bertz CT molecular complexity index is 860. The van der Waals surface area contributed by atoms with Gasteiger partial charge in [-0.2, -0.15) is 4.98 Å². The fourth-order valence-corrected chi connectivity index (χ4v) is 3.13. The van der Waals surface area contributed by atoms with E-state index >= 15 is 0 Å². The molecule has 2 aromatic heterocycles. The van der Waals surface area contributed by atoms with Crippen LogP contribution in [0.25, 0.3) is 11.5 Å². The SMILES string of the molecule is Clc1ccc(Oc2cccc(-c3noc(CC4CCCNC4)n3)n2)cc1. The number of hydrogen-bond acceptors (Lipinski definition) is 6. The average molecular weight is 371 g/mol. The molecule has 1 aliphatic heterocycles. The number of aromatic nitrogens is 3. The van der Waals surface area contributed by atoms with Gasteiger partial charge < -0.3 is 14.6 Å². The Labute approximate surface area is 156 Å². The van der Waals surface area contributed by atoms with E-state index in [1.54, 1.807) is 30.3 Å². The molecule has 0 bridgehead atoms. The first-order chi connectivity index (χ1) is 12.8. The summed E-state index contributed by atoms with van der Waals surface area (Å²) in [5.74, 6) is 2.81. The third-order valence-corrected chi connectivity index (χ3v) is 4.57. The Morgan fingerprint density at radius 2 is 2.04 bits per heavy atom. The summed E-state index contributed by atoms with van der Waals surface area (Å²) in [4.78, 5) is 8.96. The highest BCUT2D eigenvalue weighted by atomic mass is 35.5. The number of hydrogen-bond donors (Lipinski definition) is 1. The molecule has 1 aliphatic rings. The molecular formula is C19H19ClN4O2. The third kappa shape index (κ3) is 4.20. The van der Waals surface area contributed by atoms with E-state index in [0.717, 1.165) is 19.5 Å². The van der Waals surface area contributed by atoms with Crippen molar-refractivity contribution < 1.29 is 9.26 Å². The Balaban J connectivity index is 1.46. The van der Waals surface area contributed by atoms with Crippen molar-refractivity contribution in [1.29, 1.82) is 0 Å². The lowest BCUT2D eigenvalue weighted by molar-refractivity contribution is 0.316. The summed E-state index contributed by atoms with van der Waals surface area (Å²) in [6, 6.07) is 12.6. The van der Waals surface area contributed by atoms with Crippen molar-refractivity contribution in [1.82, 2.24) is 20.4 Å². The highest BCUT2D eigenvalue weighted by Crippen LogP contribution is 2.24. The number of nitrogens with zero attached hydrogens (tertiary/aromatic N) is 3. The minimum absolute atomic E-state index is 0.465. The summed E-state index contributed by atoms with van der Waals surface area (Å²) in [7, 11) is 0. The summed E-state index contributed by atoms with van der Waals surface area (Å²) in [5, 5.41) is 8.13. The summed E-state index contributed by atoms with van der Waals surface area (Å²) in [5.41, 5.74) is 0.619. The largest absolute Gasteiger partial charge is 0.439 e. The van der Waals surface area contributed by atoms with Gasteiger partial charge >= 0.3 is 0 Å². The van der Waals surface area contributed by atoms with Crippen LogP contribution >= 0.6 is 11.6 Å². The Morgan fingerprint density at radius 1 is 1.15 bits per heavy atom. The minimum Gasteiger partial charge on any atom is -0.439 e. The van der Waals surface area contributed by atoms with Crippen LogP contribution in [-0.4, -0.2) is 28.2 Å². The molecule has 1 atom stereocenters. The predicted octanol–water partition coefficient (Wildman–Crippen LogP) is 4.12. The second-order valence-electron chi connectivity index (χ2n) is 6.35. The molecule has 1 unspecified atom stereocenters. The molecule has 6 nitrogen and oxygen atoms in total. The molecule has 134 valence electrons. The monoisotopic (exact) mass is 370 g/mol. The maximum absolute atomic E-state index is 5.89. The molecule has 0 saturated carbocycles. The first-order valence-electron chi connectivity index (χ1n) is 8.70. The van der Waals surface area contributed by atoms with Gasteiger partial charge in [-0.25, -0.2) is 4.98 Å². The maximum atomic E-state index is 5.89. The fourth-order valence-electron chi connectivity index (χ4n) is 3.01. The zero-order valence-electron chi connectivity index (χ0n) is 14.2. The molecule has 1 fully saturated rings. The maximum Gasteiger partial charge on any atom is 0.227 e. The molecule has 3 aromatic rings. The molecule has 0 amide bonds. The first-order valence-corrected chi connectivity index (χ1v) is 9.08. The number of rotatable bonds is 5. The molecule has 1 N–H and O–H groups in total. The van der Waals surface area contributed by atoms with Gasteiger partial charge in [0.1, 0.15) is 11.4 Å². The predicted molar refractivity (Wildman–Crippen MR) is 98.4 cm³/mol. The van der Waals surface area contributed by atoms with E-state index in [-0.39, 0.29) is 0 Å². The van der Waals surface area contributed by atoms with Gasteiger partial charge in [0.25, 0.3) is 0 Å². The van der Waals surface area contributed by atoms with Crippen LogP contribution in [0.15, 0.2) is 47.0 Å². The van der Waals surface area contributed by atoms with Gasteiger partial charge in [-0.1, -0.05) is 22.8 Å². The number of nitrogens with one attached hydrogen (secondary N) is 1. The van der Waals surface area contributed by atoms with Crippen molar-refractivity contribution in [3.63, 3.8) is 0 Å². The van der Waals surface area contributed by atoms with Gasteiger partial charge in [0.2, 0.25) is 17.6 Å². The normalized spacial score (nSPS) is 17.2. The lowest BCUT2D eigenvalue weighted by atomic mass is 9.96. The Morgan fingerprint density at radius 3 is 2.85 bits per heavy atom. The van der Waals surface area contributed by atoms with Crippen molar-refractivity contribution in [3.8, 4) is 23.1 Å². The van der Waals surface area contributed by atoms with E-state index in [2.05, 4.69) is 20.4 Å². The van der Waals surface area contributed by atoms with Crippen molar-refractivity contribution in [2.75, 3.05) is 13.1 Å². The van der Waals surface area contributed by atoms with Gasteiger partial charge in [0.15, 0.2) is 0 Å². The van der Waals surface area contributed by atoms with Crippen LogP contribution in [0.4, 0.5) is 0 Å². The average Bonchev–Trinajstić information content (AvgIpc) is 3.13. The van der Waals surface area contributed by atoms with Crippen LogP contribution in [0.1, 0.15) is 18.7 Å². The molecule has 3 heterocycles. The van der Waals surface area contributed by atoms with Crippen LogP contribution in [0.3, 0.4) is 0 Å². The summed E-state index contributed by atoms with van der Waals surface area (Å²) >= 11 is 5.89. The topological polar surface area (TPSA) is 73.1 Å². The fraction of sp³-hybridized carbons (Fsp3) is 0.316. The van der Waals surface area contributed by atoms with Crippen LogP contribution in [0.5, 0.6) is 11.6 Å². The molecule has 1 saturated heterocycles. The molecule has 0 aliphatic carbocycles. The van der Waals surface area contributed by atoms with Crippen molar-refractivity contribution >= 4 is 11.6 Å². The smallest absolute Gasteiger partial charge is 0.227 e. The quantitative estimate of drug-likeness (QED) is 0.728. The van der Waals surface area contributed by atoms with Crippen LogP contribution in [-0.2, 0) is 6.42 Å². The van der Waals surface area contributed by atoms with Gasteiger partial charge in [0.05, 0.1) is 0 Å². The van der Waals surface area contributed by atoms with Crippen molar-refractivity contribution in [2.45, 2.75) is 19.3 Å². The van der Waals surface area contributed by atoms with E-state index in [1.807, 2.05) is 12.1 Å². The first kappa shape index (κ1) is 17.0. The lowest BCUT2D eigenvalue weighted by Crippen LogP contribution is -2.30. The molecule has 0 spiro atoms. The number of halogens is 1. The highest BCUT2D eigenvalue weighted by Gasteiger charge is 2.18.